The Balaban J connectivity index is 1.41. The van der Waals surface area contributed by atoms with Gasteiger partial charge < -0.3 is 26.0 Å². The van der Waals surface area contributed by atoms with E-state index in [9.17, 15) is 22.8 Å². The quantitative estimate of drug-likeness (QED) is 0.646. The topological polar surface area (TPSA) is 96.7 Å². The first-order valence-corrected chi connectivity index (χ1v) is 10.9. The van der Waals surface area contributed by atoms with Gasteiger partial charge in [-0.2, -0.15) is 0 Å². The maximum absolute atomic E-state index is 12.4. The number of hydrogen-bond acceptors (Lipinski definition) is 5. The van der Waals surface area contributed by atoms with Gasteiger partial charge in [0.25, 0.3) is 0 Å². The van der Waals surface area contributed by atoms with Crippen LogP contribution in [0.2, 0.25) is 0 Å². The molecule has 11 heteroatoms. The number of benzene rings is 1. The maximum atomic E-state index is 12.4. The Labute approximate surface area is 176 Å². The summed E-state index contributed by atoms with van der Waals surface area (Å²) >= 11 is 1.72. The number of halogens is 3. The Kier molecular flexibility index (Phi) is 7.35. The van der Waals surface area contributed by atoms with Crippen LogP contribution in [0.3, 0.4) is 0 Å². The second-order valence-corrected chi connectivity index (χ2v) is 8.52. The van der Waals surface area contributed by atoms with Gasteiger partial charge in [0, 0.05) is 24.0 Å². The zero-order valence-corrected chi connectivity index (χ0v) is 17.1. The molecule has 2 aliphatic rings. The lowest BCUT2D eigenvalue weighted by Crippen LogP contribution is -2.49. The van der Waals surface area contributed by atoms with Gasteiger partial charge in [-0.05, 0) is 55.9 Å². The molecule has 2 fully saturated rings. The number of alkyl halides is 3. The number of thioether (sulfide) groups is 1. The van der Waals surface area contributed by atoms with E-state index in [1.165, 1.54) is 12.1 Å². The minimum atomic E-state index is -4.76. The molecule has 1 aromatic rings. The average molecular weight is 446 g/mol. The fourth-order valence-electron chi connectivity index (χ4n) is 3.72. The third kappa shape index (κ3) is 6.43. The molecule has 1 saturated carbocycles. The third-order valence-corrected chi connectivity index (χ3v) is 6.28. The summed E-state index contributed by atoms with van der Waals surface area (Å²) < 4.78 is 40.3. The smallest absolute Gasteiger partial charge is 0.406 e. The van der Waals surface area contributed by atoms with Gasteiger partial charge in [-0.25, -0.2) is 4.79 Å². The van der Waals surface area contributed by atoms with Crippen molar-refractivity contribution in [3.05, 3.63) is 24.3 Å². The van der Waals surface area contributed by atoms with Gasteiger partial charge in [-0.3, -0.25) is 4.79 Å². The van der Waals surface area contributed by atoms with E-state index in [4.69, 9.17) is 5.73 Å². The fourth-order valence-corrected chi connectivity index (χ4v) is 4.67. The first-order valence-electron chi connectivity index (χ1n) is 9.77. The van der Waals surface area contributed by atoms with Crippen molar-refractivity contribution in [1.29, 1.82) is 0 Å². The number of anilines is 1. The van der Waals surface area contributed by atoms with E-state index >= 15 is 0 Å². The highest BCUT2D eigenvalue weighted by atomic mass is 32.2. The second kappa shape index (κ2) is 9.78. The zero-order chi connectivity index (χ0) is 21.7. The zero-order valence-electron chi connectivity index (χ0n) is 16.3. The molecule has 1 aliphatic carbocycles. The lowest BCUT2D eigenvalue weighted by atomic mass is 9.81. The Morgan fingerprint density at radius 2 is 1.83 bits per heavy atom. The van der Waals surface area contributed by atoms with E-state index in [2.05, 4.69) is 15.4 Å². The Bertz CT molecular complexity index is 734. The molecule has 0 spiro atoms. The molecule has 1 atom stereocenters. The molecule has 166 valence electrons. The average Bonchev–Trinajstić information content (AvgIpc) is 3.22. The number of nitrogens with zero attached hydrogens (tertiary/aromatic N) is 1. The summed E-state index contributed by atoms with van der Waals surface area (Å²) in [6, 6.07) is 3.95. The number of rotatable bonds is 5. The highest BCUT2D eigenvalue weighted by Gasteiger charge is 2.33. The van der Waals surface area contributed by atoms with Gasteiger partial charge >= 0.3 is 12.4 Å². The molecule has 3 amide bonds. The number of ether oxygens (including phenoxy) is 1. The van der Waals surface area contributed by atoms with E-state index in [0.29, 0.717) is 24.4 Å². The largest absolute Gasteiger partial charge is 0.573 e. The van der Waals surface area contributed by atoms with Crippen molar-refractivity contribution < 1.29 is 27.5 Å². The van der Waals surface area contributed by atoms with Crippen LogP contribution in [0.4, 0.5) is 23.7 Å². The molecule has 0 aromatic heterocycles. The minimum Gasteiger partial charge on any atom is -0.406 e. The van der Waals surface area contributed by atoms with Crippen molar-refractivity contribution in [3.63, 3.8) is 0 Å². The van der Waals surface area contributed by atoms with E-state index < -0.39 is 18.4 Å². The summed E-state index contributed by atoms with van der Waals surface area (Å²) in [5, 5.41) is 5.46. The van der Waals surface area contributed by atoms with Crippen LogP contribution in [0, 0.1) is 5.92 Å². The summed E-state index contributed by atoms with van der Waals surface area (Å²) in [6.07, 6.45) is -1.82. The van der Waals surface area contributed by atoms with Gasteiger partial charge in [0.2, 0.25) is 5.91 Å². The Morgan fingerprint density at radius 3 is 2.40 bits per heavy atom. The third-order valence-electron chi connectivity index (χ3n) is 5.31. The highest BCUT2D eigenvalue weighted by molar-refractivity contribution is 7.99. The molecule has 7 nitrogen and oxygen atoms in total. The van der Waals surface area contributed by atoms with Crippen molar-refractivity contribution in [3.8, 4) is 5.75 Å². The monoisotopic (exact) mass is 446 g/mol. The molecule has 3 rings (SSSR count). The number of urea groups is 1. The molecular formula is C19H25F3N4O3S. The number of nitrogens with two attached hydrogens (primary N) is 1. The molecule has 30 heavy (non-hydrogen) atoms. The molecule has 4 N–H and O–H groups in total. The van der Waals surface area contributed by atoms with E-state index in [1.54, 1.807) is 16.7 Å². The lowest BCUT2D eigenvalue weighted by Gasteiger charge is -2.33. The predicted molar refractivity (Wildman–Crippen MR) is 108 cm³/mol. The second-order valence-electron chi connectivity index (χ2n) is 7.45. The molecule has 1 aromatic carbocycles. The summed E-state index contributed by atoms with van der Waals surface area (Å²) in [5.41, 5.74) is 6.54. The molecule has 1 aliphatic heterocycles. The summed E-state index contributed by atoms with van der Waals surface area (Å²) in [6.45, 7) is 0.748. The summed E-state index contributed by atoms with van der Waals surface area (Å²) in [4.78, 5) is 26.4. The van der Waals surface area contributed by atoms with Crippen LogP contribution >= 0.6 is 11.8 Å². The summed E-state index contributed by atoms with van der Waals surface area (Å²) in [5.74, 6) is 1.40. The predicted octanol–water partition coefficient (Wildman–Crippen LogP) is 3.13. The van der Waals surface area contributed by atoms with Gasteiger partial charge in [-0.15, -0.1) is 24.9 Å². The van der Waals surface area contributed by atoms with Crippen molar-refractivity contribution >= 4 is 29.4 Å². The van der Waals surface area contributed by atoms with Crippen LogP contribution in [-0.2, 0) is 4.79 Å². The Hall–Kier alpha value is -2.14. The fraction of sp³-hybridized carbons (Fsp3) is 0.579. The standard InChI is InChI=1S/C19H25F3N4O3S/c20-19(21,22)29-15-7-5-14(6-8-15)25-18(28)24-13-3-1-12(2-4-13)16(23)17(27)26-9-10-30-11-26/h5-8,12-13,16H,1-4,9-11,23H2,(H2,24,25,28)/t12?,13?,16-/m0/s1. The lowest BCUT2D eigenvalue weighted by molar-refractivity contribution is -0.274. The molecule has 0 bridgehead atoms. The first-order chi connectivity index (χ1) is 14.2. The van der Waals surface area contributed by atoms with Crippen LogP contribution in [-0.4, -0.2) is 53.5 Å². The van der Waals surface area contributed by atoms with Crippen LogP contribution in [0.1, 0.15) is 25.7 Å². The van der Waals surface area contributed by atoms with Gasteiger partial charge in [0.05, 0.1) is 11.9 Å². The number of hydrogen-bond donors (Lipinski definition) is 3. The SMILES string of the molecule is N[C@H](C(=O)N1CCSC1)C1CCC(NC(=O)Nc2ccc(OC(F)(F)F)cc2)CC1. The number of nitrogens with one attached hydrogen (secondary N) is 2. The molecule has 0 radical (unpaired) electrons. The van der Waals surface area contributed by atoms with Crippen molar-refractivity contribution in [2.24, 2.45) is 11.7 Å². The molecule has 1 heterocycles. The van der Waals surface area contributed by atoms with E-state index in [0.717, 1.165) is 37.3 Å². The number of carbonyl (C=O) groups excluding carboxylic acids is 2. The number of amides is 3. The van der Waals surface area contributed by atoms with Crippen LogP contribution in [0.5, 0.6) is 5.75 Å². The first kappa shape index (κ1) is 22.5. The van der Waals surface area contributed by atoms with Crippen molar-refractivity contribution in [2.75, 3.05) is 23.5 Å². The van der Waals surface area contributed by atoms with Gasteiger partial charge in [0.15, 0.2) is 0 Å². The maximum Gasteiger partial charge on any atom is 0.573 e. The molecule has 0 unspecified atom stereocenters. The minimum absolute atomic E-state index is 0.00658. The van der Waals surface area contributed by atoms with Crippen molar-refractivity contribution in [2.45, 2.75) is 44.1 Å². The van der Waals surface area contributed by atoms with E-state index in [-0.39, 0.29) is 23.6 Å². The van der Waals surface area contributed by atoms with Crippen LogP contribution in [0.15, 0.2) is 24.3 Å². The normalized spacial score (nSPS) is 23.0. The summed E-state index contributed by atoms with van der Waals surface area (Å²) in [7, 11) is 0. The molecular weight excluding hydrogens is 421 g/mol. The van der Waals surface area contributed by atoms with Crippen LogP contribution < -0.4 is 21.1 Å². The van der Waals surface area contributed by atoms with Crippen molar-refractivity contribution in [1.82, 2.24) is 10.2 Å². The number of carbonyl (C=O) groups is 2. The highest BCUT2D eigenvalue weighted by Crippen LogP contribution is 2.28. The van der Waals surface area contributed by atoms with Gasteiger partial charge in [0.1, 0.15) is 5.75 Å². The van der Waals surface area contributed by atoms with Crippen LogP contribution in [0.25, 0.3) is 0 Å². The molecule has 1 saturated heterocycles. The van der Waals surface area contributed by atoms with Gasteiger partial charge in [-0.1, -0.05) is 0 Å². The Morgan fingerprint density at radius 1 is 1.17 bits per heavy atom. The van der Waals surface area contributed by atoms with E-state index in [1.807, 2.05) is 0 Å².